The molecule has 1 heterocycles. The summed E-state index contributed by atoms with van der Waals surface area (Å²) in [4.78, 5) is 12.4. The molecule has 0 aromatic heterocycles. The second-order valence-corrected chi connectivity index (χ2v) is 4.91. The molecular formula is C19H16O3. The molecule has 0 radical (unpaired) electrons. The molecule has 3 rings (SSSR count). The summed E-state index contributed by atoms with van der Waals surface area (Å²) >= 11 is 0. The van der Waals surface area contributed by atoms with Crippen LogP contribution in [0.1, 0.15) is 17.5 Å². The molecular weight excluding hydrogens is 276 g/mol. The molecule has 1 aliphatic heterocycles. The number of allylic oxidation sites excluding steroid dienone is 2. The second-order valence-electron chi connectivity index (χ2n) is 4.91. The Morgan fingerprint density at radius 1 is 0.909 bits per heavy atom. The van der Waals surface area contributed by atoms with Gasteiger partial charge in [0.05, 0.1) is 12.7 Å². The Balaban J connectivity index is 1.83. The van der Waals surface area contributed by atoms with Crippen LogP contribution in [0.5, 0.6) is 5.75 Å². The third-order valence-electron chi connectivity index (χ3n) is 3.51. The smallest absolute Gasteiger partial charge is 0.343 e. The van der Waals surface area contributed by atoms with E-state index in [1.54, 1.807) is 7.11 Å². The molecule has 110 valence electrons. The molecule has 0 bridgehead atoms. The first kappa shape index (κ1) is 14.1. The van der Waals surface area contributed by atoms with E-state index in [0.29, 0.717) is 17.8 Å². The van der Waals surface area contributed by atoms with Crippen molar-refractivity contribution in [3.05, 3.63) is 77.9 Å². The normalized spacial score (nSPS) is 14.5. The zero-order valence-electron chi connectivity index (χ0n) is 12.3. The van der Waals surface area contributed by atoms with E-state index in [1.807, 2.05) is 66.7 Å². The second kappa shape index (κ2) is 6.31. The number of cyclic esters (lactones) is 1. The highest BCUT2D eigenvalue weighted by Gasteiger charge is 2.18. The van der Waals surface area contributed by atoms with Crippen molar-refractivity contribution < 1.29 is 14.3 Å². The van der Waals surface area contributed by atoms with E-state index in [0.717, 1.165) is 16.9 Å². The van der Waals surface area contributed by atoms with Gasteiger partial charge in [0, 0.05) is 5.56 Å². The molecule has 0 amide bonds. The van der Waals surface area contributed by atoms with E-state index in [1.165, 1.54) is 0 Å². The molecule has 0 unspecified atom stereocenters. The molecule has 0 saturated heterocycles. The number of carbonyl (C=O) groups excluding carboxylic acids is 1. The summed E-state index contributed by atoms with van der Waals surface area (Å²) in [5, 5.41) is 0. The van der Waals surface area contributed by atoms with Gasteiger partial charge in [-0.2, -0.15) is 0 Å². The van der Waals surface area contributed by atoms with Crippen LogP contribution in [-0.4, -0.2) is 13.1 Å². The Kier molecular flexibility index (Phi) is 4.05. The van der Waals surface area contributed by atoms with Crippen LogP contribution in [0.15, 0.2) is 66.7 Å². The van der Waals surface area contributed by atoms with Crippen LogP contribution < -0.4 is 4.74 Å². The van der Waals surface area contributed by atoms with Crippen molar-refractivity contribution in [3.8, 4) is 5.75 Å². The lowest BCUT2D eigenvalue weighted by Gasteiger charge is -2.09. The van der Waals surface area contributed by atoms with Gasteiger partial charge in [0.25, 0.3) is 0 Å². The van der Waals surface area contributed by atoms with Gasteiger partial charge < -0.3 is 9.47 Å². The van der Waals surface area contributed by atoms with Gasteiger partial charge in [-0.05, 0) is 30.2 Å². The molecule has 1 aliphatic rings. The van der Waals surface area contributed by atoms with Gasteiger partial charge in [-0.25, -0.2) is 4.79 Å². The van der Waals surface area contributed by atoms with E-state index in [9.17, 15) is 4.79 Å². The van der Waals surface area contributed by atoms with Crippen molar-refractivity contribution in [2.75, 3.05) is 7.11 Å². The largest absolute Gasteiger partial charge is 0.497 e. The van der Waals surface area contributed by atoms with Crippen LogP contribution in [0.3, 0.4) is 0 Å². The van der Waals surface area contributed by atoms with Gasteiger partial charge in [0.15, 0.2) is 0 Å². The maximum Gasteiger partial charge on any atom is 0.343 e. The minimum absolute atomic E-state index is 0.335. The number of benzene rings is 2. The average molecular weight is 292 g/mol. The minimum atomic E-state index is -0.335. The van der Waals surface area contributed by atoms with Gasteiger partial charge in [0.1, 0.15) is 11.5 Å². The first-order chi connectivity index (χ1) is 10.8. The number of carbonyl (C=O) groups is 1. The Morgan fingerprint density at radius 3 is 2.32 bits per heavy atom. The van der Waals surface area contributed by atoms with E-state index < -0.39 is 0 Å². The fraction of sp³-hybridized carbons (Fsp3) is 0.105. The van der Waals surface area contributed by atoms with Crippen LogP contribution in [0, 0.1) is 0 Å². The summed E-state index contributed by atoms with van der Waals surface area (Å²) < 4.78 is 10.7. The van der Waals surface area contributed by atoms with Gasteiger partial charge in [-0.15, -0.1) is 0 Å². The summed E-state index contributed by atoms with van der Waals surface area (Å²) in [5.41, 5.74) is 2.30. The monoisotopic (exact) mass is 292 g/mol. The maximum absolute atomic E-state index is 12.4. The van der Waals surface area contributed by atoms with Gasteiger partial charge in [-0.3, -0.25) is 0 Å². The van der Waals surface area contributed by atoms with Gasteiger partial charge in [-0.1, -0.05) is 48.5 Å². The summed E-state index contributed by atoms with van der Waals surface area (Å²) in [6, 6.07) is 17.0. The third-order valence-corrected chi connectivity index (χ3v) is 3.51. The summed E-state index contributed by atoms with van der Waals surface area (Å²) in [7, 11) is 1.62. The van der Waals surface area contributed by atoms with Crippen LogP contribution in [0.25, 0.3) is 11.3 Å². The number of ether oxygens (including phenoxy) is 2. The topological polar surface area (TPSA) is 35.5 Å². The number of rotatable bonds is 3. The summed E-state index contributed by atoms with van der Waals surface area (Å²) in [6.45, 7) is 0. The molecule has 0 aliphatic carbocycles. The summed E-state index contributed by atoms with van der Waals surface area (Å²) in [6.07, 6.45) is 4.46. The fourth-order valence-electron chi connectivity index (χ4n) is 2.35. The SMILES string of the molecule is COc1ccc(C2=CCC=C(c3ccccc3)OC2=O)cc1. The lowest BCUT2D eigenvalue weighted by molar-refractivity contribution is -0.130. The number of hydrogen-bond donors (Lipinski definition) is 0. The molecule has 2 aromatic carbocycles. The molecule has 2 aromatic rings. The van der Waals surface area contributed by atoms with Crippen molar-refractivity contribution in [1.82, 2.24) is 0 Å². The van der Waals surface area contributed by atoms with Crippen molar-refractivity contribution in [1.29, 1.82) is 0 Å². The van der Waals surface area contributed by atoms with Crippen LogP contribution in [-0.2, 0) is 9.53 Å². The standard InChI is InChI=1S/C19H16O3/c1-21-16-12-10-14(11-13-16)17-8-5-9-18(22-19(17)20)15-6-3-2-4-7-15/h2-4,6-13H,5H2,1H3. The predicted octanol–water partition coefficient (Wildman–Crippen LogP) is 4.07. The number of methoxy groups -OCH3 is 1. The van der Waals surface area contributed by atoms with Crippen molar-refractivity contribution >= 4 is 17.3 Å². The average Bonchev–Trinajstić information content (AvgIpc) is 2.77. The number of esters is 1. The third kappa shape index (κ3) is 2.93. The minimum Gasteiger partial charge on any atom is -0.497 e. The molecule has 0 saturated carbocycles. The van der Waals surface area contributed by atoms with Gasteiger partial charge in [0.2, 0.25) is 0 Å². The van der Waals surface area contributed by atoms with Crippen LogP contribution >= 0.6 is 0 Å². The lowest BCUT2D eigenvalue weighted by atomic mass is 10.0. The highest BCUT2D eigenvalue weighted by Crippen LogP contribution is 2.27. The van der Waals surface area contributed by atoms with Gasteiger partial charge >= 0.3 is 5.97 Å². The first-order valence-electron chi connectivity index (χ1n) is 7.10. The Hall–Kier alpha value is -2.81. The van der Waals surface area contributed by atoms with E-state index in [-0.39, 0.29) is 5.97 Å². The summed E-state index contributed by atoms with van der Waals surface area (Å²) in [5.74, 6) is 1.03. The molecule has 3 nitrogen and oxygen atoms in total. The maximum atomic E-state index is 12.4. The molecule has 22 heavy (non-hydrogen) atoms. The highest BCUT2D eigenvalue weighted by molar-refractivity contribution is 6.18. The zero-order chi connectivity index (χ0) is 15.4. The van der Waals surface area contributed by atoms with E-state index in [2.05, 4.69) is 0 Å². The van der Waals surface area contributed by atoms with E-state index in [4.69, 9.17) is 9.47 Å². The zero-order valence-corrected chi connectivity index (χ0v) is 12.3. The molecule has 0 fully saturated rings. The Morgan fingerprint density at radius 2 is 1.64 bits per heavy atom. The van der Waals surface area contributed by atoms with E-state index >= 15 is 0 Å². The molecule has 3 heteroatoms. The molecule has 0 atom stereocenters. The van der Waals surface area contributed by atoms with Crippen molar-refractivity contribution in [3.63, 3.8) is 0 Å². The van der Waals surface area contributed by atoms with Crippen molar-refractivity contribution in [2.45, 2.75) is 6.42 Å². The van der Waals surface area contributed by atoms with Crippen LogP contribution in [0.4, 0.5) is 0 Å². The quantitative estimate of drug-likeness (QED) is 0.800. The van der Waals surface area contributed by atoms with Crippen molar-refractivity contribution in [2.24, 2.45) is 0 Å². The van der Waals surface area contributed by atoms with Crippen LogP contribution in [0.2, 0.25) is 0 Å². The Labute approximate surface area is 129 Å². The molecule has 0 spiro atoms. The highest BCUT2D eigenvalue weighted by atomic mass is 16.5. The molecule has 0 N–H and O–H groups in total. The Bertz CT molecular complexity index is 725. The number of hydrogen-bond acceptors (Lipinski definition) is 3. The predicted molar refractivity (Wildman–Crippen MR) is 86.1 cm³/mol. The first-order valence-corrected chi connectivity index (χ1v) is 7.10. The lowest BCUT2D eigenvalue weighted by Crippen LogP contribution is -2.05. The fourth-order valence-corrected chi connectivity index (χ4v) is 2.35.